The van der Waals surface area contributed by atoms with Crippen molar-refractivity contribution in [2.45, 2.75) is 0 Å². The molecular formula is C14H10BrClN2O4S. The summed E-state index contributed by atoms with van der Waals surface area (Å²) in [5, 5.41) is 14.5. The molecule has 0 aliphatic rings. The maximum atomic E-state index is 11.7. The van der Waals surface area contributed by atoms with E-state index in [1.165, 1.54) is 17.6 Å². The van der Waals surface area contributed by atoms with Crippen LogP contribution in [0.5, 0.6) is 5.75 Å². The zero-order chi connectivity index (χ0) is 16.8. The molecular weight excluding hydrogens is 408 g/mol. The Hall–Kier alpha value is -1.90. The Balaban J connectivity index is 2.04. The van der Waals surface area contributed by atoms with Gasteiger partial charge in [0.15, 0.2) is 12.4 Å². The molecule has 0 saturated heterocycles. The lowest BCUT2D eigenvalue weighted by Gasteiger charge is -2.08. The van der Waals surface area contributed by atoms with E-state index in [1.807, 2.05) is 0 Å². The molecule has 1 aromatic heterocycles. The van der Waals surface area contributed by atoms with Crippen LogP contribution in [0.4, 0.5) is 0 Å². The summed E-state index contributed by atoms with van der Waals surface area (Å²) in [5.74, 6) is -1.17. The van der Waals surface area contributed by atoms with Crippen LogP contribution in [0.1, 0.15) is 15.2 Å². The Kier molecular flexibility index (Phi) is 6.14. The van der Waals surface area contributed by atoms with Crippen LogP contribution in [0.2, 0.25) is 5.02 Å². The van der Waals surface area contributed by atoms with Crippen LogP contribution in [0, 0.1) is 0 Å². The van der Waals surface area contributed by atoms with Gasteiger partial charge in [0.25, 0.3) is 5.91 Å². The summed E-state index contributed by atoms with van der Waals surface area (Å²) in [6, 6.07) is 6.65. The second kappa shape index (κ2) is 8.09. The van der Waals surface area contributed by atoms with Crippen LogP contribution >= 0.6 is 38.9 Å². The fraction of sp³-hybridized carbons (Fsp3) is 0.0714. The van der Waals surface area contributed by atoms with Crippen molar-refractivity contribution in [3.63, 3.8) is 0 Å². The number of carboxylic acids is 1. The highest BCUT2D eigenvalue weighted by Crippen LogP contribution is 2.34. The largest absolute Gasteiger partial charge is 0.479 e. The number of hydrogen-bond acceptors (Lipinski definition) is 5. The summed E-state index contributed by atoms with van der Waals surface area (Å²) in [6.07, 6.45) is 1.42. The maximum absolute atomic E-state index is 11.7. The molecule has 0 aliphatic carbocycles. The van der Waals surface area contributed by atoms with Crippen molar-refractivity contribution in [3.05, 3.63) is 49.6 Å². The molecule has 1 amide bonds. The zero-order valence-electron chi connectivity index (χ0n) is 11.5. The van der Waals surface area contributed by atoms with E-state index in [4.69, 9.17) is 21.4 Å². The van der Waals surface area contributed by atoms with Gasteiger partial charge in [-0.25, -0.2) is 10.2 Å². The number of aliphatic carboxylic acids is 1. The number of halogens is 2. The van der Waals surface area contributed by atoms with Gasteiger partial charge in [0, 0.05) is 0 Å². The molecule has 0 saturated carbocycles. The molecule has 2 rings (SSSR count). The molecule has 0 spiro atoms. The number of nitrogens with one attached hydrogen (secondary N) is 1. The fourth-order valence-corrected chi connectivity index (χ4v) is 3.16. The molecule has 0 radical (unpaired) electrons. The number of carbonyl (C=O) groups is 2. The minimum Gasteiger partial charge on any atom is -0.479 e. The summed E-state index contributed by atoms with van der Waals surface area (Å²) in [6.45, 7) is -0.497. The van der Waals surface area contributed by atoms with E-state index in [-0.39, 0.29) is 16.7 Å². The van der Waals surface area contributed by atoms with Gasteiger partial charge in [-0.05, 0) is 45.1 Å². The Morgan fingerprint density at radius 2 is 2.26 bits per heavy atom. The summed E-state index contributed by atoms with van der Waals surface area (Å²) in [7, 11) is 0. The average molecular weight is 418 g/mol. The van der Waals surface area contributed by atoms with Gasteiger partial charge in [-0.15, -0.1) is 11.3 Å². The second-order valence-electron chi connectivity index (χ2n) is 4.17. The van der Waals surface area contributed by atoms with Crippen LogP contribution in [-0.2, 0) is 4.79 Å². The van der Waals surface area contributed by atoms with E-state index in [0.29, 0.717) is 14.9 Å². The number of ether oxygens (including phenoxy) is 1. The highest BCUT2D eigenvalue weighted by molar-refractivity contribution is 9.10. The number of hydrogen-bond donors (Lipinski definition) is 2. The maximum Gasteiger partial charge on any atom is 0.341 e. The first-order valence-electron chi connectivity index (χ1n) is 6.18. The van der Waals surface area contributed by atoms with E-state index in [1.54, 1.807) is 29.6 Å². The Morgan fingerprint density at radius 1 is 1.48 bits per heavy atom. The van der Waals surface area contributed by atoms with Crippen molar-refractivity contribution in [2.75, 3.05) is 6.61 Å². The van der Waals surface area contributed by atoms with Crippen LogP contribution in [0.3, 0.4) is 0 Å². The molecule has 0 atom stereocenters. The number of benzene rings is 1. The van der Waals surface area contributed by atoms with E-state index < -0.39 is 12.6 Å². The second-order valence-corrected chi connectivity index (χ2v) is 6.38. The predicted molar refractivity (Wildman–Crippen MR) is 91.7 cm³/mol. The summed E-state index contributed by atoms with van der Waals surface area (Å²) in [4.78, 5) is 22.8. The Bertz CT molecular complexity index is 726. The van der Waals surface area contributed by atoms with Gasteiger partial charge in [0.2, 0.25) is 0 Å². The first kappa shape index (κ1) is 17.5. The predicted octanol–water partition coefficient (Wildman–Crippen LogP) is 3.39. The Labute approximate surface area is 148 Å². The minimum absolute atomic E-state index is 0.228. The fourth-order valence-electron chi connectivity index (χ4n) is 1.55. The molecule has 9 heteroatoms. The lowest BCUT2D eigenvalue weighted by atomic mass is 10.2. The van der Waals surface area contributed by atoms with E-state index >= 15 is 0 Å². The summed E-state index contributed by atoms with van der Waals surface area (Å²) in [5.41, 5.74) is 3.01. The first-order chi connectivity index (χ1) is 11.0. The smallest absolute Gasteiger partial charge is 0.341 e. The zero-order valence-corrected chi connectivity index (χ0v) is 14.6. The highest BCUT2D eigenvalue weighted by Gasteiger charge is 2.10. The first-order valence-corrected chi connectivity index (χ1v) is 8.23. The van der Waals surface area contributed by atoms with E-state index in [9.17, 15) is 9.59 Å². The van der Waals surface area contributed by atoms with Gasteiger partial charge in [0.05, 0.1) is 20.6 Å². The van der Waals surface area contributed by atoms with Gasteiger partial charge in [-0.1, -0.05) is 17.7 Å². The van der Waals surface area contributed by atoms with Gasteiger partial charge < -0.3 is 9.84 Å². The monoisotopic (exact) mass is 416 g/mol. The molecule has 2 aromatic rings. The topological polar surface area (TPSA) is 88.0 Å². The van der Waals surface area contributed by atoms with Crippen LogP contribution in [0.25, 0.3) is 0 Å². The van der Waals surface area contributed by atoms with Crippen LogP contribution in [-0.4, -0.2) is 29.8 Å². The number of carbonyl (C=O) groups excluding carboxylic acids is 1. The number of thiophene rings is 1. The van der Waals surface area contributed by atoms with Crippen molar-refractivity contribution in [1.82, 2.24) is 5.43 Å². The third-order valence-corrected chi connectivity index (χ3v) is 4.22. The van der Waals surface area contributed by atoms with Gasteiger partial charge in [0.1, 0.15) is 0 Å². The quantitative estimate of drug-likeness (QED) is 0.557. The molecule has 0 fully saturated rings. The molecule has 0 aliphatic heterocycles. The van der Waals surface area contributed by atoms with Crippen LogP contribution < -0.4 is 10.2 Å². The summed E-state index contributed by atoms with van der Waals surface area (Å²) >= 11 is 10.6. The third-order valence-electron chi connectivity index (χ3n) is 2.49. The van der Waals surface area contributed by atoms with Crippen molar-refractivity contribution in [3.8, 4) is 5.75 Å². The summed E-state index contributed by atoms with van der Waals surface area (Å²) < 4.78 is 5.57. The number of hydrazone groups is 1. The van der Waals surface area contributed by atoms with Gasteiger partial charge >= 0.3 is 5.97 Å². The van der Waals surface area contributed by atoms with Gasteiger partial charge in [-0.2, -0.15) is 5.10 Å². The SMILES string of the molecule is O=C(O)COc1c(Cl)cc(/C=N/NC(=O)c2cccs2)cc1Br. The molecule has 120 valence electrons. The van der Waals surface area contributed by atoms with Crippen LogP contribution in [0.15, 0.2) is 39.2 Å². The Morgan fingerprint density at radius 3 is 2.87 bits per heavy atom. The van der Waals surface area contributed by atoms with E-state index in [2.05, 4.69) is 26.5 Å². The van der Waals surface area contributed by atoms with Crippen molar-refractivity contribution >= 4 is 57.0 Å². The standard InChI is InChI=1S/C14H10BrClN2O4S/c15-9-4-8(5-10(16)13(9)22-7-12(19)20)6-17-18-14(21)11-2-1-3-23-11/h1-6H,7H2,(H,18,21)(H,19,20)/b17-6+. The van der Waals surface area contributed by atoms with Crippen molar-refractivity contribution in [1.29, 1.82) is 0 Å². The molecule has 23 heavy (non-hydrogen) atoms. The normalized spacial score (nSPS) is 10.7. The van der Waals surface area contributed by atoms with E-state index in [0.717, 1.165) is 0 Å². The molecule has 6 nitrogen and oxygen atoms in total. The van der Waals surface area contributed by atoms with Gasteiger partial charge in [-0.3, -0.25) is 4.79 Å². The number of amides is 1. The number of carboxylic acid groups (broad SMARTS) is 1. The average Bonchev–Trinajstić information content (AvgIpc) is 3.00. The number of nitrogens with zero attached hydrogens (tertiary/aromatic N) is 1. The highest BCUT2D eigenvalue weighted by atomic mass is 79.9. The minimum atomic E-state index is -1.10. The molecule has 0 unspecified atom stereocenters. The molecule has 0 bridgehead atoms. The number of rotatable bonds is 6. The van der Waals surface area contributed by atoms with Crippen molar-refractivity contribution < 1.29 is 19.4 Å². The molecule has 1 aromatic carbocycles. The molecule has 1 heterocycles. The lowest BCUT2D eigenvalue weighted by molar-refractivity contribution is -0.139. The van der Waals surface area contributed by atoms with Crippen molar-refractivity contribution in [2.24, 2.45) is 5.10 Å². The molecule has 2 N–H and O–H groups in total. The third kappa shape index (κ3) is 5.05. The lowest BCUT2D eigenvalue weighted by Crippen LogP contribution is -2.16.